The van der Waals surface area contributed by atoms with E-state index >= 15 is 8.78 Å². The van der Waals surface area contributed by atoms with Crippen molar-refractivity contribution in [3.63, 3.8) is 0 Å². The lowest BCUT2D eigenvalue weighted by Crippen LogP contribution is -2.55. The van der Waals surface area contributed by atoms with Gasteiger partial charge in [0.2, 0.25) is 12.3 Å². The molecule has 42 heavy (non-hydrogen) atoms. The predicted molar refractivity (Wildman–Crippen MR) is 161 cm³/mol. The number of rotatable bonds is 7. The molecule has 1 saturated heterocycles. The first-order valence-corrected chi connectivity index (χ1v) is 13.6. The molecule has 2 N–H and O–H groups in total. The Hall–Kier alpha value is -4.67. The fourth-order valence-corrected chi connectivity index (χ4v) is 5.31. The maximum absolute atomic E-state index is 16.0. The average molecular weight is 576 g/mol. The van der Waals surface area contributed by atoms with Gasteiger partial charge in [0.05, 0.1) is 22.5 Å². The van der Waals surface area contributed by atoms with Gasteiger partial charge >= 0.3 is 0 Å². The Morgan fingerprint density at radius 1 is 1.24 bits per heavy atom. The molecule has 3 heterocycles. The highest BCUT2D eigenvalue weighted by atomic mass is 19.1. The maximum Gasteiger partial charge on any atom is 0.246 e. The molecule has 0 radical (unpaired) electrons. The predicted octanol–water partition coefficient (Wildman–Crippen LogP) is 4.83. The van der Waals surface area contributed by atoms with E-state index in [4.69, 9.17) is 5.73 Å². The summed E-state index contributed by atoms with van der Waals surface area (Å²) in [5.74, 6) is -1.43. The summed E-state index contributed by atoms with van der Waals surface area (Å²) in [5.41, 5.74) is 7.60. The first-order valence-electron chi connectivity index (χ1n) is 13.6. The van der Waals surface area contributed by atoms with E-state index in [0.29, 0.717) is 43.3 Å². The lowest BCUT2D eigenvalue weighted by molar-refractivity contribution is -0.128. The zero-order valence-electron chi connectivity index (χ0n) is 24.4. The molecule has 1 aliphatic rings. The minimum absolute atomic E-state index is 0.000747. The molecule has 2 amide bonds. The molecule has 1 unspecified atom stereocenters. The number of pyridine rings is 2. The fourth-order valence-electron chi connectivity index (χ4n) is 5.31. The number of benzene rings is 1. The summed E-state index contributed by atoms with van der Waals surface area (Å²) in [6.07, 6.45) is 3.52. The summed E-state index contributed by atoms with van der Waals surface area (Å²) in [4.78, 5) is 43.7. The summed E-state index contributed by atoms with van der Waals surface area (Å²) in [6.45, 7) is 12.4. The highest BCUT2D eigenvalue weighted by Gasteiger charge is 2.33. The number of aliphatic imine (C=N–C) groups is 1. The van der Waals surface area contributed by atoms with Crippen molar-refractivity contribution < 1.29 is 18.4 Å². The Kier molecular flexibility index (Phi) is 8.99. The van der Waals surface area contributed by atoms with E-state index in [9.17, 15) is 9.59 Å². The largest absolute Gasteiger partial charge is 0.398 e. The number of nitrogens with two attached hydrogens (primary N) is 1. The van der Waals surface area contributed by atoms with Crippen molar-refractivity contribution >= 4 is 35.3 Å². The van der Waals surface area contributed by atoms with Crippen LogP contribution >= 0.6 is 0 Å². The first-order chi connectivity index (χ1) is 20.0. The third-order valence-corrected chi connectivity index (χ3v) is 7.35. The van der Waals surface area contributed by atoms with Crippen LogP contribution in [0.3, 0.4) is 0 Å². The standard InChI is InChI=1S/C31H35F2N7O2/c1-7-25(42)38-13-14-39(20(5)16-38)30(35-6)21-15-23(33)28(26-22(32)9-8-10-24(26)34)37-31(21)40(17-41)29-19(4)11-12-36-27(29)18(2)3/h7-12,15,17-18,20H,1,13-14,16,34H2,2-6H3. The molecular formula is C31H35F2N7O2. The number of amidine groups is 1. The van der Waals surface area contributed by atoms with Crippen molar-refractivity contribution in [1.29, 1.82) is 0 Å². The second-order valence-corrected chi connectivity index (χ2v) is 10.5. The summed E-state index contributed by atoms with van der Waals surface area (Å²) in [6, 6.07) is 6.81. The number of amides is 2. The van der Waals surface area contributed by atoms with E-state index in [1.165, 1.54) is 35.2 Å². The number of nitrogens with zero attached hydrogens (tertiary/aromatic N) is 6. The molecular weight excluding hydrogens is 540 g/mol. The van der Waals surface area contributed by atoms with E-state index in [1.54, 1.807) is 24.2 Å². The molecule has 0 spiro atoms. The molecule has 0 bridgehead atoms. The van der Waals surface area contributed by atoms with Gasteiger partial charge in [-0.25, -0.2) is 13.8 Å². The van der Waals surface area contributed by atoms with E-state index in [0.717, 1.165) is 5.56 Å². The Bertz CT molecular complexity index is 1540. The van der Waals surface area contributed by atoms with Crippen molar-refractivity contribution in [2.75, 3.05) is 37.3 Å². The number of anilines is 3. The summed E-state index contributed by atoms with van der Waals surface area (Å²) >= 11 is 0. The number of halogens is 2. The maximum atomic E-state index is 16.0. The van der Waals surface area contributed by atoms with Crippen LogP contribution in [0.15, 0.2) is 54.2 Å². The van der Waals surface area contributed by atoms with Gasteiger partial charge in [0.15, 0.2) is 11.6 Å². The molecule has 11 heteroatoms. The minimum Gasteiger partial charge on any atom is -0.398 e. The number of aromatic nitrogens is 2. The normalized spacial score (nSPS) is 15.6. The first kappa shape index (κ1) is 30.3. The van der Waals surface area contributed by atoms with Crippen LogP contribution in [-0.4, -0.2) is 70.6 Å². The highest BCUT2D eigenvalue weighted by molar-refractivity contribution is 6.07. The third kappa shape index (κ3) is 5.59. The van der Waals surface area contributed by atoms with Gasteiger partial charge in [-0.2, -0.15) is 0 Å². The van der Waals surface area contributed by atoms with Crippen LogP contribution < -0.4 is 10.6 Å². The number of carbonyl (C=O) groups is 2. The summed E-state index contributed by atoms with van der Waals surface area (Å²) < 4.78 is 31.0. The van der Waals surface area contributed by atoms with Crippen LogP contribution in [0.4, 0.5) is 26.0 Å². The lowest BCUT2D eigenvalue weighted by atomic mass is 10.0. The molecule has 3 aromatic rings. The number of carbonyl (C=O) groups excluding carboxylic acids is 2. The zero-order valence-corrected chi connectivity index (χ0v) is 24.4. The van der Waals surface area contributed by atoms with Gasteiger partial charge in [-0.1, -0.05) is 26.5 Å². The second kappa shape index (κ2) is 12.5. The van der Waals surface area contributed by atoms with Crippen LogP contribution in [0.5, 0.6) is 0 Å². The van der Waals surface area contributed by atoms with E-state index in [2.05, 4.69) is 21.5 Å². The number of nitrogen functional groups attached to an aromatic ring is 1. The molecule has 9 nitrogen and oxygen atoms in total. The third-order valence-electron chi connectivity index (χ3n) is 7.35. The molecule has 220 valence electrons. The SMILES string of the molecule is C=CC(=O)N1CCN(C(=NC)c2cc(F)c(-c3c(N)cccc3F)nc2N(C=O)c2c(C)ccnc2C(C)C)C(C)C1. The molecule has 0 saturated carbocycles. The topological polar surface area (TPSA) is 108 Å². The molecule has 1 atom stereocenters. The molecule has 1 aliphatic heterocycles. The Morgan fingerprint density at radius 3 is 2.57 bits per heavy atom. The van der Waals surface area contributed by atoms with Crippen LogP contribution in [0.1, 0.15) is 43.5 Å². The quantitative estimate of drug-likeness (QED) is 0.142. The van der Waals surface area contributed by atoms with Gasteiger partial charge in [-0.3, -0.25) is 24.5 Å². The van der Waals surface area contributed by atoms with Crippen LogP contribution in [0.25, 0.3) is 11.3 Å². The van der Waals surface area contributed by atoms with Gasteiger partial charge in [0.25, 0.3) is 0 Å². The highest BCUT2D eigenvalue weighted by Crippen LogP contribution is 2.38. The van der Waals surface area contributed by atoms with Crippen LogP contribution in [0, 0.1) is 18.6 Å². The Morgan fingerprint density at radius 2 is 1.98 bits per heavy atom. The van der Waals surface area contributed by atoms with Crippen molar-refractivity contribution in [3.8, 4) is 11.3 Å². The van der Waals surface area contributed by atoms with E-state index in [1.807, 2.05) is 32.6 Å². The van der Waals surface area contributed by atoms with Gasteiger partial charge in [0.1, 0.15) is 17.3 Å². The molecule has 0 aliphatic carbocycles. The average Bonchev–Trinajstić information content (AvgIpc) is 2.96. The number of piperazine rings is 1. The number of hydrogen-bond donors (Lipinski definition) is 1. The molecule has 1 aromatic carbocycles. The summed E-state index contributed by atoms with van der Waals surface area (Å²) in [7, 11) is 1.56. The fraction of sp³-hybridized carbons (Fsp3) is 0.323. The Balaban J connectivity index is 1.98. The van der Waals surface area contributed by atoms with E-state index < -0.39 is 11.6 Å². The number of hydrogen-bond acceptors (Lipinski definition) is 6. The number of aryl methyl sites for hydroxylation is 1. The van der Waals surface area contributed by atoms with Crippen molar-refractivity contribution in [3.05, 3.63) is 77.6 Å². The monoisotopic (exact) mass is 575 g/mol. The van der Waals surface area contributed by atoms with Crippen LogP contribution in [0.2, 0.25) is 0 Å². The molecule has 2 aromatic heterocycles. The summed E-state index contributed by atoms with van der Waals surface area (Å²) in [5, 5.41) is 0. The van der Waals surface area contributed by atoms with Crippen molar-refractivity contribution in [2.24, 2.45) is 4.99 Å². The van der Waals surface area contributed by atoms with Crippen molar-refractivity contribution in [1.82, 2.24) is 19.8 Å². The zero-order chi connectivity index (χ0) is 30.7. The molecule has 1 fully saturated rings. The minimum atomic E-state index is -0.835. The van der Waals surface area contributed by atoms with Gasteiger partial charge in [-0.15, -0.1) is 0 Å². The van der Waals surface area contributed by atoms with Gasteiger partial charge in [0, 0.05) is 44.6 Å². The van der Waals surface area contributed by atoms with Gasteiger partial charge < -0.3 is 15.5 Å². The Labute approximate surface area is 244 Å². The molecule has 4 rings (SSSR count). The van der Waals surface area contributed by atoms with Gasteiger partial charge in [-0.05, 0) is 55.7 Å². The lowest BCUT2D eigenvalue weighted by Gasteiger charge is -2.41. The second-order valence-electron chi connectivity index (χ2n) is 10.5. The smallest absolute Gasteiger partial charge is 0.246 e. The van der Waals surface area contributed by atoms with Crippen molar-refractivity contribution in [2.45, 2.75) is 39.7 Å². The van der Waals surface area contributed by atoms with Crippen LogP contribution in [-0.2, 0) is 9.59 Å². The van der Waals surface area contributed by atoms with E-state index in [-0.39, 0.29) is 46.2 Å².